The second kappa shape index (κ2) is 8.79. The predicted molar refractivity (Wildman–Crippen MR) is 93.6 cm³/mol. The van der Waals surface area contributed by atoms with E-state index in [1.165, 1.54) is 12.1 Å². The monoisotopic (exact) mass is 355 g/mol. The van der Waals surface area contributed by atoms with Crippen LogP contribution in [0.4, 0.5) is 5.69 Å². The van der Waals surface area contributed by atoms with Crippen molar-refractivity contribution >= 4 is 27.3 Å². The van der Waals surface area contributed by atoms with Crippen molar-refractivity contribution in [2.24, 2.45) is 0 Å². The minimum atomic E-state index is -3.33. The number of hydrogen-bond acceptors (Lipinski definition) is 5. The van der Waals surface area contributed by atoms with Crippen LogP contribution in [0, 0.1) is 0 Å². The minimum Gasteiger partial charge on any atom is -0.342 e. The van der Waals surface area contributed by atoms with Crippen LogP contribution in [-0.2, 0) is 19.4 Å². The molecule has 2 amide bonds. The normalized spacial score (nSPS) is 11.4. The summed E-state index contributed by atoms with van der Waals surface area (Å²) in [6.45, 7) is 5.27. The Morgan fingerprint density at radius 3 is 2.29 bits per heavy atom. The highest BCUT2D eigenvalue weighted by Crippen LogP contribution is 2.15. The molecule has 134 valence electrons. The maximum atomic E-state index is 12.0. The highest BCUT2D eigenvalue weighted by Gasteiger charge is 2.15. The highest BCUT2D eigenvalue weighted by molar-refractivity contribution is 7.90. The third-order valence-corrected chi connectivity index (χ3v) is 4.59. The first-order chi connectivity index (χ1) is 11.2. The fourth-order valence-electron chi connectivity index (χ4n) is 2.21. The van der Waals surface area contributed by atoms with E-state index in [0.29, 0.717) is 18.8 Å². The Morgan fingerprint density at radius 2 is 1.75 bits per heavy atom. The Balaban J connectivity index is 2.62. The van der Waals surface area contributed by atoms with Gasteiger partial charge in [-0.3, -0.25) is 14.5 Å². The molecule has 0 aromatic heterocycles. The van der Waals surface area contributed by atoms with E-state index in [1.54, 1.807) is 29.0 Å². The number of carbonyl (C=O) groups is 2. The van der Waals surface area contributed by atoms with E-state index in [2.05, 4.69) is 5.32 Å². The number of nitrogens with zero attached hydrogens (tertiary/aromatic N) is 2. The molecule has 0 heterocycles. The molecule has 0 unspecified atom stereocenters. The molecule has 24 heavy (non-hydrogen) atoms. The number of nitrogens with one attached hydrogen (secondary N) is 1. The van der Waals surface area contributed by atoms with Crippen molar-refractivity contribution in [3.05, 3.63) is 24.3 Å². The van der Waals surface area contributed by atoms with Crippen LogP contribution in [0.1, 0.15) is 13.8 Å². The van der Waals surface area contributed by atoms with Gasteiger partial charge in [0.2, 0.25) is 11.8 Å². The van der Waals surface area contributed by atoms with Crippen LogP contribution in [0.3, 0.4) is 0 Å². The lowest BCUT2D eigenvalue weighted by Gasteiger charge is -2.22. The third-order valence-electron chi connectivity index (χ3n) is 3.48. The molecule has 0 bridgehead atoms. The van der Waals surface area contributed by atoms with Gasteiger partial charge >= 0.3 is 0 Å². The summed E-state index contributed by atoms with van der Waals surface area (Å²) in [5.74, 6) is -0.343. The zero-order valence-corrected chi connectivity index (χ0v) is 15.4. The smallest absolute Gasteiger partial charge is 0.238 e. The number of hydrogen-bond donors (Lipinski definition) is 1. The first kappa shape index (κ1) is 20.1. The van der Waals surface area contributed by atoms with Gasteiger partial charge in [0.1, 0.15) is 0 Å². The van der Waals surface area contributed by atoms with Gasteiger partial charge in [-0.15, -0.1) is 0 Å². The number of amides is 2. The summed E-state index contributed by atoms with van der Waals surface area (Å²) in [6, 6.07) is 6.07. The second-order valence-electron chi connectivity index (χ2n) is 5.59. The van der Waals surface area contributed by atoms with Crippen LogP contribution < -0.4 is 5.32 Å². The van der Waals surface area contributed by atoms with Crippen LogP contribution in [-0.4, -0.2) is 69.5 Å². The number of rotatable bonds is 8. The highest BCUT2D eigenvalue weighted by atomic mass is 32.2. The maximum Gasteiger partial charge on any atom is 0.238 e. The van der Waals surface area contributed by atoms with E-state index in [-0.39, 0.29) is 29.8 Å². The number of sulfone groups is 1. The molecular formula is C16H25N3O4S. The predicted octanol–water partition coefficient (Wildman–Crippen LogP) is 0.829. The molecule has 1 N–H and O–H groups in total. The van der Waals surface area contributed by atoms with Crippen molar-refractivity contribution < 1.29 is 18.0 Å². The largest absolute Gasteiger partial charge is 0.342 e. The molecule has 0 aliphatic rings. The van der Waals surface area contributed by atoms with Crippen molar-refractivity contribution in [1.29, 1.82) is 0 Å². The molecule has 0 saturated heterocycles. The van der Waals surface area contributed by atoms with Crippen molar-refractivity contribution in [1.82, 2.24) is 9.80 Å². The summed E-state index contributed by atoms with van der Waals surface area (Å²) in [7, 11) is -1.64. The Labute approximate surface area is 143 Å². The van der Waals surface area contributed by atoms with E-state index in [9.17, 15) is 18.0 Å². The third kappa shape index (κ3) is 6.29. The molecule has 7 nitrogen and oxygen atoms in total. The van der Waals surface area contributed by atoms with Gasteiger partial charge in [-0.1, -0.05) is 6.07 Å². The molecule has 0 radical (unpaired) electrons. The fourth-order valence-corrected chi connectivity index (χ4v) is 2.88. The van der Waals surface area contributed by atoms with Gasteiger partial charge in [0.15, 0.2) is 9.84 Å². The lowest BCUT2D eigenvalue weighted by molar-refractivity contribution is -0.132. The number of carbonyl (C=O) groups excluding carboxylic acids is 2. The van der Waals surface area contributed by atoms with Gasteiger partial charge in [-0.2, -0.15) is 0 Å². The molecule has 0 spiro atoms. The quantitative estimate of drug-likeness (QED) is 0.746. The van der Waals surface area contributed by atoms with Gasteiger partial charge in [-0.05, 0) is 39.1 Å². The van der Waals surface area contributed by atoms with Gasteiger partial charge in [0.05, 0.1) is 18.0 Å². The standard InChI is InChI=1S/C16H25N3O4S/c1-5-19(6-2)16(21)12-18(3)11-15(20)17-13-8-7-9-14(10-13)24(4,22)23/h7-10H,5-6,11-12H2,1-4H3,(H,17,20). The zero-order valence-electron chi connectivity index (χ0n) is 14.6. The lowest BCUT2D eigenvalue weighted by Crippen LogP contribution is -2.41. The lowest BCUT2D eigenvalue weighted by atomic mass is 10.3. The average Bonchev–Trinajstić information content (AvgIpc) is 2.47. The molecular weight excluding hydrogens is 330 g/mol. The molecule has 1 aromatic carbocycles. The van der Waals surface area contributed by atoms with Gasteiger partial charge < -0.3 is 10.2 Å². The van der Waals surface area contributed by atoms with E-state index in [0.717, 1.165) is 6.26 Å². The molecule has 8 heteroatoms. The summed E-state index contributed by atoms with van der Waals surface area (Å²) in [5.41, 5.74) is 0.409. The minimum absolute atomic E-state index is 0.0330. The van der Waals surface area contributed by atoms with E-state index in [1.807, 2.05) is 13.8 Å². The number of likely N-dealkylation sites (N-methyl/N-ethyl adjacent to an activating group) is 2. The SMILES string of the molecule is CCN(CC)C(=O)CN(C)CC(=O)Nc1cccc(S(C)(=O)=O)c1. The van der Waals surface area contributed by atoms with E-state index < -0.39 is 9.84 Å². The Kier molecular flexibility index (Phi) is 7.37. The van der Waals surface area contributed by atoms with Crippen LogP contribution >= 0.6 is 0 Å². The van der Waals surface area contributed by atoms with Crippen LogP contribution in [0.5, 0.6) is 0 Å². The molecule has 0 aliphatic heterocycles. The molecule has 0 saturated carbocycles. The van der Waals surface area contributed by atoms with E-state index in [4.69, 9.17) is 0 Å². The zero-order chi connectivity index (χ0) is 18.3. The summed E-state index contributed by atoms with van der Waals surface area (Å²) in [6.07, 6.45) is 1.11. The van der Waals surface area contributed by atoms with Crippen molar-refractivity contribution in [3.63, 3.8) is 0 Å². The maximum absolute atomic E-state index is 12.0. The molecule has 1 rings (SSSR count). The van der Waals surface area contributed by atoms with Gasteiger partial charge in [0.25, 0.3) is 0 Å². The number of anilines is 1. The first-order valence-electron chi connectivity index (χ1n) is 7.73. The van der Waals surface area contributed by atoms with E-state index >= 15 is 0 Å². The summed E-state index contributed by atoms with van der Waals surface area (Å²) < 4.78 is 23.1. The number of benzene rings is 1. The van der Waals surface area contributed by atoms with Crippen LogP contribution in [0.15, 0.2) is 29.2 Å². The van der Waals surface area contributed by atoms with Crippen molar-refractivity contribution in [3.8, 4) is 0 Å². The van der Waals surface area contributed by atoms with Crippen LogP contribution in [0.25, 0.3) is 0 Å². The fraction of sp³-hybridized carbons (Fsp3) is 0.500. The average molecular weight is 355 g/mol. The Morgan fingerprint density at radius 1 is 1.12 bits per heavy atom. The van der Waals surface area contributed by atoms with Crippen molar-refractivity contribution in [2.75, 3.05) is 44.8 Å². The summed E-state index contributed by atoms with van der Waals surface area (Å²) in [5, 5.41) is 2.65. The second-order valence-corrected chi connectivity index (χ2v) is 7.60. The molecule has 1 aromatic rings. The van der Waals surface area contributed by atoms with Gasteiger partial charge in [0, 0.05) is 25.0 Å². The molecule has 0 fully saturated rings. The van der Waals surface area contributed by atoms with Crippen LogP contribution in [0.2, 0.25) is 0 Å². The summed E-state index contributed by atoms with van der Waals surface area (Å²) >= 11 is 0. The Bertz CT molecular complexity index is 684. The van der Waals surface area contributed by atoms with Gasteiger partial charge in [-0.25, -0.2) is 8.42 Å². The molecule has 0 atom stereocenters. The first-order valence-corrected chi connectivity index (χ1v) is 9.62. The topological polar surface area (TPSA) is 86.8 Å². The molecule has 0 aliphatic carbocycles. The van der Waals surface area contributed by atoms with Crippen molar-refractivity contribution in [2.45, 2.75) is 18.7 Å². The Hall–Kier alpha value is -1.93. The summed E-state index contributed by atoms with van der Waals surface area (Å²) in [4.78, 5) is 27.5.